The topological polar surface area (TPSA) is 93.0 Å². The minimum Gasteiger partial charge on any atom is -0.395 e. The van der Waals surface area contributed by atoms with Crippen LogP contribution in [0.1, 0.15) is 64.7 Å². The average molecular weight is 340 g/mol. The summed E-state index contributed by atoms with van der Waals surface area (Å²) >= 11 is 0. The van der Waals surface area contributed by atoms with Crippen LogP contribution in [-0.4, -0.2) is 57.4 Å². The van der Waals surface area contributed by atoms with Crippen LogP contribution in [0.4, 0.5) is 0 Å². The van der Waals surface area contributed by atoms with E-state index in [1.165, 1.54) is 38.5 Å². The monoisotopic (exact) mass is 339 g/mol. The van der Waals surface area contributed by atoms with E-state index < -0.39 is 30.4 Å². The third-order valence-electron chi connectivity index (χ3n) is 4.50. The SMILES string of the molecule is CCCCCCCCCC[C@@H](O)[C@H]1N[C@H](CO)[C@@H](O)[C@@H]1O.Cl. The molecule has 1 aliphatic heterocycles. The van der Waals surface area contributed by atoms with Crippen LogP contribution in [0, 0.1) is 0 Å². The highest BCUT2D eigenvalue weighted by atomic mass is 35.5. The number of aliphatic hydroxyl groups is 4. The second-order valence-electron chi connectivity index (χ2n) is 6.29. The van der Waals surface area contributed by atoms with Crippen LogP contribution in [0.25, 0.3) is 0 Å². The smallest absolute Gasteiger partial charge is 0.0993 e. The van der Waals surface area contributed by atoms with Gasteiger partial charge in [0, 0.05) is 0 Å². The molecule has 1 aliphatic rings. The number of hydrogen-bond donors (Lipinski definition) is 5. The van der Waals surface area contributed by atoms with Gasteiger partial charge >= 0.3 is 0 Å². The van der Waals surface area contributed by atoms with E-state index in [0.29, 0.717) is 6.42 Å². The fraction of sp³-hybridized carbons (Fsp3) is 1.00. The van der Waals surface area contributed by atoms with Crippen molar-refractivity contribution in [3.8, 4) is 0 Å². The van der Waals surface area contributed by atoms with Crippen LogP contribution in [0.5, 0.6) is 0 Å². The predicted molar refractivity (Wildman–Crippen MR) is 90.3 cm³/mol. The van der Waals surface area contributed by atoms with Gasteiger partial charge in [-0.2, -0.15) is 0 Å². The molecule has 0 aromatic rings. The standard InChI is InChI=1S/C16H33NO4.ClH/c1-2-3-4-5-6-7-8-9-10-13(19)14-16(21)15(20)12(11-18)17-14;/h12-21H,2-11H2,1H3;1H/t12-,13-,14-,15-,16-;/m1./s1. The molecular formula is C16H34ClNO4. The Kier molecular flexibility index (Phi) is 12.6. The van der Waals surface area contributed by atoms with Gasteiger partial charge in [-0.15, -0.1) is 12.4 Å². The van der Waals surface area contributed by atoms with E-state index in [9.17, 15) is 15.3 Å². The third kappa shape index (κ3) is 7.11. The van der Waals surface area contributed by atoms with Gasteiger partial charge in [0.05, 0.1) is 37.0 Å². The van der Waals surface area contributed by atoms with Crippen molar-refractivity contribution in [2.45, 2.75) is 95.1 Å². The summed E-state index contributed by atoms with van der Waals surface area (Å²) in [6.07, 6.45) is 7.60. The first-order valence-electron chi connectivity index (χ1n) is 8.53. The average Bonchev–Trinajstić information content (AvgIpc) is 2.77. The Morgan fingerprint density at radius 2 is 1.45 bits per heavy atom. The van der Waals surface area contributed by atoms with Crippen molar-refractivity contribution >= 4 is 12.4 Å². The summed E-state index contributed by atoms with van der Waals surface area (Å²) in [5.74, 6) is 0. The quantitative estimate of drug-likeness (QED) is 0.366. The first kappa shape index (κ1) is 22.1. The Bertz CT molecular complexity index is 271. The van der Waals surface area contributed by atoms with Gasteiger partial charge in [-0.05, 0) is 6.42 Å². The van der Waals surface area contributed by atoms with E-state index >= 15 is 0 Å². The maximum Gasteiger partial charge on any atom is 0.0993 e. The van der Waals surface area contributed by atoms with Crippen LogP contribution in [0.2, 0.25) is 0 Å². The number of nitrogens with one attached hydrogen (secondary N) is 1. The highest BCUT2D eigenvalue weighted by Gasteiger charge is 2.43. The zero-order valence-corrected chi connectivity index (χ0v) is 14.5. The Labute approximate surface area is 140 Å². The predicted octanol–water partition coefficient (Wildman–Crippen LogP) is 1.35. The van der Waals surface area contributed by atoms with E-state index in [-0.39, 0.29) is 19.0 Å². The molecule has 0 spiro atoms. The van der Waals surface area contributed by atoms with Gasteiger partial charge in [-0.25, -0.2) is 0 Å². The Morgan fingerprint density at radius 3 is 1.95 bits per heavy atom. The first-order valence-corrected chi connectivity index (χ1v) is 8.53. The second kappa shape index (κ2) is 12.5. The zero-order chi connectivity index (χ0) is 15.7. The molecule has 5 N–H and O–H groups in total. The van der Waals surface area contributed by atoms with Crippen LogP contribution in [0.3, 0.4) is 0 Å². The Balaban J connectivity index is 0.00000441. The molecule has 0 bridgehead atoms. The molecule has 134 valence electrons. The van der Waals surface area contributed by atoms with Crippen LogP contribution in [-0.2, 0) is 0 Å². The van der Waals surface area contributed by atoms with Crippen molar-refractivity contribution in [2.75, 3.05) is 6.61 Å². The van der Waals surface area contributed by atoms with Gasteiger partial charge in [0.2, 0.25) is 0 Å². The summed E-state index contributed by atoms with van der Waals surface area (Å²) in [5, 5.41) is 41.7. The Hall–Kier alpha value is 0.0900. The van der Waals surface area contributed by atoms with Crippen molar-refractivity contribution in [1.82, 2.24) is 5.32 Å². The molecule has 1 rings (SSSR count). The van der Waals surface area contributed by atoms with Crippen molar-refractivity contribution in [1.29, 1.82) is 0 Å². The van der Waals surface area contributed by atoms with Gasteiger partial charge in [0.1, 0.15) is 0 Å². The molecule has 0 radical (unpaired) electrons. The van der Waals surface area contributed by atoms with Crippen molar-refractivity contribution in [3.63, 3.8) is 0 Å². The van der Waals surface area contributed by atoms with Gasteiger partial charge in [-0.1, -0.05) is 58.3 Å². The lowest BCUT2D eigenvalue weighted by Crippen LogP contribution is -2.44. The summed E-state index contributed by atoms with van der Waals surface area (Å²) in [7, 11) is 0. The van der Waals surface area contributed by atoms with Crippen molar-refractivity contribution < 1.29 is 20.4 Å². The fourth-order valence-corrected chi connectivity index (χ4v) is 3.06. The molecule has 5 nitrogen and oxygen atoms in total. The molecule has 0 unspecified atom stereocenters. The van der Waals surface area contributed by atoms with Gasteiger partial charge < -0.3 is 25.7 Å². The lowest BCUT2D eigenvalue weighted by Gasteiger charge is -2.22. The van der Waals surface area contributed by atoms with Crippen molar-refractivity contribution in [2.24, 2.45) is 0 Å². The lowest BCUT2D eigenvalue weighted by atomic mass is 9.98. The maximum atomic E-state index is 10.1. The lowest BCUT2D eigenvalue weighted by molar-refractivity contribution is -0.00443. The number of aliphatic hydroxyl groups excluding tert-OH is 4. The molecular weight excluding hydrogens is 306 g/mol. The zero-order valence-electron chi connectivity index (χ0n) is 13.7. The molecule has 0 saturated carbocycles. The van der Waals surface area contributed by atoms with E-state index in [2.05, 4.69) is 12.2 Å². The fourth-order valence-electron chi connectivity index (χ4n) is 3.06. The van der Waals surface area contributed by atoms with Crippen molar-refractivity contribution in [3.05, 3.63) is 0 Å². The number of rotatable bonds is 11. The van der Waals surface area contributed by atoms with Crippen LogP contribution < -0.4 is 5.32 Å². The van der Waals surface area contributed by atoms with Gasteiger partial charge in [-0.3, -0.25) is 0 Å². The largest absolute Gasteiger partial charge is 0.395 e. The molecule has 0 aliphatic carbocycles. The molecule has 1 heterocycles. The number of halogens is 1. The first-order chi connectivity index (χ1) is 10.1. The summed E-state index contributed by atoms with van der Waals surface area (Å²) in [4.78, 5) is 0. The molecule has 0 amide bonds. The van der Waals surface area contributed by atoms with Crippen LogP contribution >= 0.6 is 12.4 Å². The maximum absolute atomic E-state index is 10.1. The number of unbranched alkanes of at least 4 members (excludes halogenated alkanes) is 7. The molecule has 1 fully saturated rings. The highest BCUT2D eigenvalue weighted by molar-refractivity contribution is 5.85. The van der Waals surface area contributed by atoms with Gasteiger partial charge in [0.25, 0.3) is 0 Å². The van der Waals surface area contributed by atoms with E-state index in [0.717, 1.165) is 12.8 Å². The van der Waals surface area contributed by atoms with E-state index in [4.69, 9.17) is 5.11 Å². The highest BCUT2D eigenvalue weighted by Crippen LogP contribution is 2.20. The summed E-state index contributed by atoms with van der Waals surface area (Å²) in [6.45, 7) is 1.98. The normalized spacial score (nSPS) is 29.3. The summed E-state index contributed by atoms with van der Waals surface area (Å²) in [5.41, 5.74) is 0. The summed E-state index contributed by atoms with van der Waals surface area (Å²) in [6, 6.07) is -1.08. The van der Waals surface area contributed by atoms with E-state index in [1.54, 1.807) is 0 Å². The van der Waals surface area contributed by atoms with E-state index in [1.807, 2.05) is 0 Å². The second-order valence-corrected chi connectivity index (χ2v) is 6.29. The molecule has 5 atom stereocenters. The molecule has 1 saturated heterocycles. The molecule has 0 aromatic carbocycles. The molecule has 6 heteroatoms. The molecule has 0 aromatic heterocycles. The minimum atomic E-state index is -1.01. The van der Waals surface area contributed by atoms with Crippen LogP contribution in [0.15, 0.2) is 0 Å². The molecule has 22 heavy (non-hydrogen) atoms. The van der Waals surface area contributed by atoms with Gasteiger partial charge in [0.15, 0.2) is 0 Å². The summed E-state index contributed by atoms with van der Waals surface area (Å²) < 4.78 is 0. The number of hydrogen-bond acceptors (Lipinski definition) is 5. The third-order valence-corrected chi connectivity index (χ3v) is 4.50. The minimum absolute atomic E-state index is 0. The Morgan fingerprint density at radius 1 is 0.909 bits per heavy atom.